The summed E-state index contributed by atoms with van der Waals surface area (Å²) in [5, 5.41) is 0.168. The van der Waals surface area contributed by atoms with Crippen molar-refractivity contribution in [1.82, 2.24) is 9.88 Å². The van der Waals surface area contributed by atoms with Crippen molar-refractivity contribution < 1.29 is 18.0 Å². The van der Waals surface area contributed by atoms with Crippen LogP contribution in [-0.4, -0.2) is 29.8 Å². The molecule has 0 radical (unpaired) electrons. The molecule has 1 aromatic heterocycles. The first-order valence-corrected chi connectivity index (χ1v) is 5.21. The van der Waals surface area contributed by atoms with Gasteiger partial charge in [-0.25, -0.2) is 0 Å². The van der Waals surface area contributed by atoms with E-state index in [1.165, 1.54) is 4.90 Å². The van der Waals surface area contributed by atoms with Gasteiger partial charge < -0.3 is 4.90 Å². The number of hydrogen-bond donors (Lipinski definition) is 0. The normalized spacial score (nSPS) is 12.4. The average Bonchev–Trinajstić information content (AvgIpc) is 2.27. The largest absolute Gasteiger partial charge is 0.417 e. The number of hydrogen-bond acceptors (Lipinski definition) is 3. The first-order chi connectivity index (χ1) is 8.21. The van der Waals surface area contributed by atoms with Gasteiger partial charge in [-0.05, 0) is 12.1 Å². The SMILES string of the molecule is CN(C)C(Cl)=CC(=O)c1ccc(C(F)(F)F)cn1. The standard InChI is InChI=1S/C11H10ClF3N2O/c1-17(2)10(12)5-9(18)8-4-3-7(6-16-8)11(13,14)15/h3-6H,1-2H3. The highest BCUT2D eigenvalue weighted by Gasteiger charge is 2.30. The number of rotatable bonds is 3. The molecule has 18 heavy (non-hydrogen) atoms. The van der Waals surface area contributed by atoms with Crippen LogP contribution < -0.4 is 0 Å². The predicted octanol–water partition coefficient (Wildman–Crippen LogP) is 2.92. The van der Waals surface area contributed by atoms with E-state index in [1.807, 2.05) is 0 Å². The smallest absolute Gasteiger partial charge is 0.368 e. The Labute approximate surface area is 107 Å². The summed E-state index contributed by atoms with van der Waals surface area (Å²) in [6.07, 6.45) is -2.76. The highest BCUT2D eigenvalue weighted by molar-refractivity contribution is 6.31. The van der Waals surface area contributed by atoms with E-state index in [4.69, 9.17) is 11.6 Å². The van der Waals surface area contributed by atoms with Crippen LogP contribution in [0.3, 0.4) is 0 Å². The van der Waals surface area contributed by atoms with Gasteiger partial charge in [-0.15, -0.1) is 0 Å². The molecule has 1 rings (SSSR count). The second kappa shape index (κ2) is 5.39. The van der Waals surface area contributed by atoms with Gasteiger partial charge in [0.05, 0.1) is 5.56 Å². The summed E-state index contributed by atoms with van der Waals surface area (Å²) in [5.74, 6) is -0.553. The Balaban J connectivity index is 2.93. The zero-order chi connectivity index (χ0) is 13.9. The Morgan fingerprint density at radius 1 is 1.39 bits per heavy atom. The zero-order valence-electron chi connectivity index (χ0n) is 9.62. The first-order valence-electron chi connectivity index (χ1n) is 4.84. The molecule has 98 valence electrons. The number of alkyl halides is 3. The summed E-state index contributed by atoms with van der Waals surface area (Å²) in [4.78, 5) is 16.5. The molecule has 0 saturated carbocycles. The molecule has 0 unspecified atom stereocenters. The molecule has 1 heterocycles. The molecule has 0 bridgehead atoms. The van der Waals surface area contributed by atoms with E-state index in [9.17, 15) is 18.0 Å². The summed E-state index contributed by atoms with van der Waals surface area (Å²) < 4.78 is 36.8. The molecule has 0 N–H and O–H groups in total. The Morgan fingerprint density at radius 2 is 2.00 bits per heavy atom. The van der Waals surface area contributed by atoms with Crippen LogP contribution in [0.5, 0.6) is 0 Å². The summed E-state index contributed by atoms with van der Waals surface area (Å²) in [6, 6.07) is 1.82. The van der Waals surface area contributed by atoms with E-state index in [0.29, 0.717) is 6.20 Å². The van der Waals surface area contributed by atoms with E-state index >= 15 is 0 Å². The number of carbonyl (C=O) groups excluding carboxylic acids is 1. The minimum absolute atomic E-state index is 0.0944. The van der Waals surface area contributed by atoms with Gasteiger partial charge in [0.2, 0.25) is 5.78 Å². The number of halogens is 4. The molecule has 0 saturated heterocycles. The van der Waals surface area contributed by atoms with Gasteiger partial charge in [0.25, 0.3) is 0 Å². The Morgan fingerprint density at radius 3 is 2.39 bits per heavy atom. The number of allylic oxidation sites excluding steroid dienone is 1. The fourth-order valence-corrected chi connectivity index (χ4v) is 1.12. The van der Waals surface area contributed by atoms with Crippen molar-refractivity contribution in [3.63, 3.8) is 0 Å². The lowest BCUT2D eigenvalue weighted by molar-refractivity contribution is -0.137. The van der Waals surface area contributed by atoms with Crippen LogP contribution in [-0.2, 0) is 6.18 Å². The molecular weight excluding hydrogens is 269 g/mol. The van der Waals surface area contributed by atoms with Gasteiger partial charge in [0, 0.05) is 26.4 Å². The third-order valence-corrected chi connectivity index (χ3v) is 2.47. The fraction of sp³-hybridized carbons (Fsp3) is 0.273. The van der Waals surface area contributed by atoms with Gasteiger partial charge in [-0.1, -0.05) is 11.6 Å². The van der Waals surface area contributed by atoms with Crippen LogP contribution in [0, 0.1) is 0 Å². The molecule has 0 fully saturated rings. The number of pyridine rings is 1. The maximum absolute atomic E-state index is 12.3. The summed E-state index contributed by atoms with van der Waals surface area (Å²) in [5.41, 5.74) is -0.996. The molecule has 1 aromatic rings. The van der Waals surface area contributed by atoms with Crippen LogP contribution in [0.4, 0.5) is 13.2 Å². The quantitative estimate of drug-likeness (QED) is 0.484. The number of nitrogens with zero attached hydrogens (tertiary/aromatic N) is 2. The fourth-order valence-electron chi connectivity index (χ4n) is 1.02. The lowest BCUT2D eigenvalue weighted by Gasteiger charge is -2.09. The Bertz CT molecular complexity index is 466. The topological polar surface area (TPSA) is 33.2 Å². The summed E-state index contributed by atoms with van der Waals surface area (Å²) in [6.45, 7) is 0. The minimum atomic E-state index is -4.47. The van der Waals surface area contributed by atoms with Crippen molar-refractivity contribution in [2.24, 2.45) is 0 Å². The van der Waals surface area contributed by atoms with Gasteiger partial charge >= 0.3 is 6.18 Å². The predicted molar refractivity (Wildman–Crippen MR) is 61.2 cm³/mol. The van der Waals surface area contributed by atoms with Gasteiger partial charge in [0.15, 0.2) is 0 Å². The Kier molecular flexibility index (Phi) is 4.34. The van der Waals surface area contributed by atoms with E-state index in [2.05, 4.69) is 4.98 Å². The van der Waals surface area contributed by atoms with Crippen molar-refractivity contribution in [2.45, 2.75) is 6.18 Å². The Hall–Kier alpha value is -1.56. The molecule has 0 aliphatic heterocycles. The minimum Gasteiger partial charge on any atom is -0.368 e. The molecule has 0 amide bonds. The van der Waals surface area contributed by atoms with Gasteiger partial charge in [-0.3, -0.25) is 9.78 Å². The highest BCUT2D eigenvalue weighted by Crippen LogP contribution is 2.28. The highest BCUT2D eigenvalue weighted by atomic mass is 35.5. The maximum Gasteiger partial charge on any atom is 0.417 e. The molecule has 3 nitrogen and oxygen atoms in total. The lowest BCUT2D eigenvalue weighted by Crippen LogP contribution is -2.10. The molecule has 0 aliphatic carbocycles. The number of ketones is 1. The van der Waals surface area contributed by atoms with Crippen LogP contribution in [0.1, 0.15) is 16.1 Å². The third kappa shape index (κ3) is 3.73. The van der Waals surface area contributed by atoms with Crippen LogP contribution >= 0.6 is 11.6 Å². The second-order valence-electron chi connectivity index (χ2n) is 3.66. The molecular formula is C11H10ClF3N2O. The van der Waals surface area contributed by atoms with Crippen molar-refractivity contribution in [1.29, 1.82) is 0 Å². The van der Waals surface area contributed by atoms with Crippen molar-refractivity contribution in [3.8, 4) is 0 Å². The molecule has 7 heteroatoms. The van der Waals surface area contributed by atoms with Crippen molar-refractivity contribution in [3.05, 3.63) is 40.8 Å². The molecule has 0 spiro atoms. The van der Waals surface area contributed by atoms with E-state index in [-0.39, 0.29) is 10.9 Å². The van der Waals surface area contributed by atoms with Crippen molar-refractivity contribution >= 4 is 17.4 Å². The number of aromatic nitrogens is 1. The first kappa shape index (κ1) is 14.5. The zero-order valence-corrected chi connectivity index (χ0v) is 10.4. The van der Waals surface area contributed by atoms with Crippen LogP contribution in [0.15, 0.2) is 29.6 Å². The van der Waals surface area contributed by atoms with Gasteiger partial charge in [0.1, 0.15) is 10.9 Å². The number of carbonyl (C=O) groups is 1. The molecule has 0 aromatic carbocycles. The van der Waals surface area contributed by atoms with E-state index in [1.54, 1.807) is 14.1 Å². The van der Waals surface area contributed by atoms with E-state index < -0.39 is 17.5 Å². The monoisotopic (exact) mass is 278 g/mol. The summed E-state index contributed by atoms with van der Waals surface area (Å²) >= 11 is 5.72. The third-order valence-electron chi connectivity index (χ3n) is 2.02. The second-order valence-corrected chi connectivity index (χ2v) is 4.04. The van der Waals surface area contributed by atoms with Gasteiger partial charge in [-0.2, -0.15) is 13.2 Å². The molecule has 0 atom stereocenters. The van der Waals surface area contributed by atoms with Crippen LogP contribution in [0.25, 0.3) is 0 Å². The average molecular weight is 279 g/mol. The summed E-state index contributed by atoms with van der Waals surface area (Å²) in [7, 11) is 3.26. The lowest BCUT2D eigenvalue weighted by atomic mass is 10.2. The van der Waals surface area contributed by atoms with Crippen LogP contribution in [0.2, 0.25) is 0 Å². The maximum atomic E-state index is 12.3. The van der Waals surface area contributed by atoms with E-state index in [0.717, 1.165) is 18.2 Å². The molecule has 0 aliphatic rings. The van der Waals surface area contributed by atoms with Crippen molar-refractivity contribution in [2.75, 3.05) is 14.1 Å².